The van der Waals surface area contributed by atoms with Gasteiger partial charge in [0.1, 0.15) is 0 Å². The van der Waals surface area contributed by atoms with Crippen LogP contribution in [0.15, 0.2) is 33.6 Å². The summed E-state index contributed by atoms with van der Waals surface area (Å²) in [6.07, 6.45) is 0. The monoisotopic (exact) mass is 205 g/mol. The molecule has 0 aliphatic heterocycles. The molecule has 0 radical (unpaired) electrons. The molecule has 0 unspecified atom stereocenters. The van der Waals surface area contributed by atoms with E-state index in [2.05, 4.69) is 14.7 Å². The average Bonchev–Trinajstić information content (AvgIpc) is 2.65. The van der Waals surface area contributed by atoms with E-state index in [0.717, 1.165) is 0 Å². The molecule has 0 aliphatic rings. The standard InChI is InChI=1S/C9H7N3O3/c10-7(13)5-1-3-6(4-2-5)8-11-9(14)15-12-8/h1-4H,(H2,10,13)(H,11,12,14). The lowest BCUT2D eigenvalue weighted by atomic mass is 10.1. The third-order valence-corrected chi connectivity index (χ3v) is 1.88. The number of aromatic nitrogens is 2. The van der Waals surface area contributed by atoms with Crippen molar-refractivity contribution in [2.45, 2.75) is 0 Å². The van der Waals surface area contributed by atoms with E-state index in [4.69, 9.17) is 5.73 Å². The number of aromatic amines is 1. The normalized spacial score (nSPS) is 10.1. The summed E-state index contributed by atoms with van der Waals surface area (Å²) >= 11 is 0. The Labute approximate surface area is 83.7 Å². The van der Waals surface area contributed by atoms with Gasteiger partial charge >= 0.3 is 5.76 Å². The third-order valence-electron chi connectivity index (χ3n) is 1.88. The van der Waals surface area contributed by atoms with Crippen molar-refractivity contribution in [2.75, 3.05) is 0 Å². The molecule has 2 aromatic rings. The van der Waals surface area contributed by atoms with Gasteiger partial charge in [-0.3, -0.25) is 14.3 Å². The summed E-state index contributed by atoms with van der Waals surface area (Å²) in [6, 6.07) is 6.33. The first-order valence-electron chi connectivity index (χ1n) is 4.13. The Hall–Kier alpha value is -2.37. The molecule has 1 aromatic carbocycles. The number of H-pyrrole nitrogens is 1. The number of nitrogens with zero attached hydrogens (tertiary/aromatic N) is 1. The van der Waals surface area contributed by atoms with Crippen LogP contribution in [0.3, 0.4) is 0 Å². The minimum absolute atomic E-state index is 0.316. The van der Waals surface area contributed by atoms with Crippen LogP contribution >= 0.6 is 0 Å². The number of amides is 1. The van der Waals surface area contributed by atoms with Crippen LogP contribution in [-0.2, 0) is 0 Å². The fourth-order valence-corrected chi connectivity index (χ4v) is 1.15. The summed E-state index contributed by atoms with van der Waals surface area (Å²) in [6.45, 7) is 0. The van der Waals surface area contributed by atoms with Gasteiger partial charge in [0.15, 0.2) is 5.82 Å². The average molecular weight is 205 g/mol. The second-order valence-electron chi connectivity index (χ2n) is 2.89. The molecule has 0 aliphatic carbocycles. The highest BCUT2D eigenvalue weighted by molar-refractivity contribution is 5.93. The van der Waals surface area contributed by atoms with Crippen molar-refractivity contribution in [3.63, 3.8) is 0 Å². The molecule has 6 heteroatoms. The van der Waals surface area contributed by atoms with Crippen LogP contribution in [0.5, 0.6) is 0 Å². The highest BCUT2D eigenvalue weighted by atomic mass is 16.5. The molecule has 1 amide bonds. The van der Waals surface area contributed by atoms with Gasteiger partial charge in [-0.05, 0) is 12.1 Å². The van der Waals surface area contributed by atoms with Gasteiger partial charge in [0, 0.05) is 11.1 Å². The van der Waals surface area contributed by atoms with Crippen LogP contribution in [-0.4, -0.2) is 16.0 Å². The molecule has 0 saturated heterocycles. The van der Waals surface area contributed by atoms with Gasteiger partial charge in [0.2, 0.25) is 5.91 Å². The highest BCUT2D eigenvalue weighted by Gasteiger charge is 2.05. The quantitative estimate of drug-likeness (QED) is 0.727. The summed E-state index contributed by atoms with van der Waals surface area (Å²) in [4.78, 5) is 23.9. The Balaban J connectivity index is 2.39. The number of benzene rings is 1. The van der Waals surface area contributed by atoms with Crippen LogP contribution in [0.1, 0.15) is 10.4 Å². The maximum Gasteiger partial charge on any atom is 0.439 e. The van der Waals surface area contributed by atoms with Gasteiger partial charge < -0.3 is 5.73 Å². The zero-order valence-electron chi connectivity index (χ0n) is 7.56. The minimum Gasteiger partial charge on any atom is -0.366 e. The van der Waals surface area contributed by atoms with Gasteiger partial charge in [-0.1, -0.05) is 17.3 Å². The molecule has 6 nitrogen and oxygen atoms in total. The molecule has 3 N–H and O–H groups in total. The van der Waals surface area contributed by atoms with E-state index in [-0.39, 0.29) is 0 Å². The van der Waals surface area contributed by atoms with E-state index in [1.54, 1.807) is 24.3 Å². The van der Waals surface area contributed by atoms with E-state index in [1.807, 2.05) is 0 Å². The lowest BCUT2D eigenvalue weighted by molar-refractivity contribution is 0.100. The number of primary amides is 1. The largest absolute Gasteiger partial charge is 0.439 e. The third kappa shape index (κ3) is 1.78. The fourth-order valence-electron chi connectivity index (χ4n) is 1.15. The molecule has 0 atom stereocenters. The van der Waals surface area contributed by atoms with Crippen LogP contribution in [0.4, 0.5) is 0 Å². The molecule has 2 rings (SSSR count). The molecule has 0 fully saturated rings. The molecule has 0 bridgehead atoms. The smallest absolute Gasteiger partial charge is 0.366 e. The molecule has 0 saturated carbocycles. The van der Waals surface area contributed by atoms with Gasteiger partial charge in [-0.25, -0.2) is 4.79 Å². The van der Waals surface area contributed by atoms with Crippen LogP contribution in [0.25, 0.3) is 11.4 Å². The number of carbonyl (C=O) groups is 1. The zero-order chi connectivity index (χ0) is 10.8. The van der Waals surface area contributed by atoms with Gasteiger partial charge in [0.05, 0.1) is 0 Å². The summed E-state index contributed by atoms with van der Waals surface area (Å²) in [5.74, 6) is -0.810. The number of nitrogens with two attached hydrogens (primary N) is 1. The summed E-state index contributed by atoms with van der Waals surface area (Å²) < 4.78 is 4.34. The molecule has 0 spiro atoms. The fraction of sp³-hybridized carbons (Fsp3) is 0. The molecule has 1 aromatic heterocycles. The number of carbonyl (C=O) groups excluding carboxylic acids is 1. The van der Waals surface area contributed by atoms with E-state index in [0.29, 0.717) is 17.0 Å². The Morgan fingerprint density at radius 2 is 2.00 bits per heavy atom. The lowest BCUT2D eigenvalue weighted by Gasteiger charge is -1.96. The predicted molar refractivity (Wildman–Crippen MR) is 51.1 cm³/mol. The number of hydrogen-bond acceptors (Lipinski definition) is 4. The summed E-state index contributed by atoms with van der Waals surface area (Å²) in [7, 11) is 0. The van der Waals surface area contributed by atoms with E-state index in [9.17, 15) is 9.59 Å². The first kappa shape index (κ1) is 9.20. The first-order valence-corrected chi connectivity index (χ1v) is 4.13. The molecular weight excluding hydrogens is 198 g/mol. The van der Waals surface area contributed by atoms with Crippen molar-refractivity contribution >= 4 is 5.91 Å². The van der Waals surface area contributed by atoms with Crippen molar-refractivity contribution in [3.8, 4) is 11.4 Å². The molecular formula is C9H7N3O3. The maximum absolute atomic E-state index is 10.8. The second kappa shape index (κ2) is 3.41. The summed E-state index contributed by atoms with van der Waals surface area (Å²) in [5, 5.41) is 3.50. The minimum atomic E-state index is -0.621. The van der Waals surface area contributed by atoms with E-state index < -0.39 is 11.7 Å². The Bertz CT molecular complexity index is 538. The predicted octanol–water partition coefficient (Wildman–Crippen LogP) is 0.129. The number of hydrogen-bond donors (Lipinski definition) is 2. The molecule has 76 valence electrons. The van der Waals surface area contributed by atoms with Crippen molar-refractivity contribution in [1.82, 2.24) is 10.1 Å². The van der Waals surface area contributed by atoms with Gasteiger partial charge in [-0.2, -0.15) is 0 Å². The Morgan fingerprint density at radius 1 is 1.33 bits per heavy atom. The SMILES string of the molecule is NC(=O)c1ccc(-c2noc(=O)[nH]2)cc1. The van der Waals surface area contributed by atoms with Crippen molar-refractivity contribution in [1.29, 1.82) is 0 Å². The number of nitrogens with one attached hydrogen (secondary N) is 1. The molecule has 15 heavy (non-hydrogen) atoms. The lowest BCUT2D eigenvalue weighted by Crippen LogP contribution is -2.10. The molecule has 1 heterocycles. The second-order valence-corrected chi connectivity index (χ2v) is 2.89. The Kier molecular flexibility index (Phi) is 2.09. The highest BCUT2D eigenvalue weighted by Crippen LogP contribution is 2.13. The zero-order valence-corrected chi connectivity index (χ0v) is 7.56. The summed E-state index contributed by atoms with van der Waals surface area (Å²) in [5.41, 5.74) is 6.11. The Morgan fingerprint density at radius 3 is 2.47 bits per heavy atom. The first-order chi connectivity index (χ1) is 7.16. The van der Waals surface area contributed by atoms with Crippen LogP contribution < -0.4 is 11.5 Å². The van der Waals surface area contributed by atoms with E-state index >= 15 is 0 Å². The van der Waals surface area contributed by atoms with Gasteiger partial charge in [0.25, 0.3) is 0 Å². The van der Waals surface area contributed by atoms with Crippen LogP contribution in [0.2, 0.25) is 0 Å². The van der Waals surface area contributed by atoms with Crippen molar-refractivity contribution < 1.29 is 9.32 Å². The van der Waals surface area contributed by atoms with Crippen LogP contribution in [0, 0.1) is 0 Å². The van der Waals surface area contributed by atoms with Crippen molar-refractivity contribution in [3.05, 3.63) is 40.4 Å². The number of rotatable bonds is 2. The van der Waals surface area contributed by atoms with E-state index in [1.165, 1.54) is 0 Å². The van der Waals surface area contributed by atoms with Gasteiger partial charge in [-0.15, -0.1) is 0 Å². The topological polar surface area (TPSA) is 102 Å². The maximum atomic E-state index is 10.8. The van der Waals surface area contributed by atoms with Crippen molar-refractivity contribution in [2.24, 2.45) is 5.73 Å².